The number of rotatable bonds is 3. The number of amides is 2. The quantitative estimate of drug-likeness (QED) is 0.914. The normalized spacial score (nSPS) is 14.9. The first-order chi connectivity index (χ1) is 10.7. The lowest BCUT2D eigenvalue weighted by Crippen LogP contribution is -2.51. The molecule has 0 spiro atoms. The van der Waals surface area contributed by atoms with Gasteiger partial charge in [0.05, 0.1) is 5.69 Å². The number of hydrogen-bond acceptors (Lipinski definition) is 4. The van der Waals surface area contributed by atoms with Crippen molar-refractivity contribution in [1.29, 1.82) is 0 Å². The van der Waals surface area contributed by atoms with Gasteiger partial charge < -0.3 is 20.2 Å². The zero-order chi connectivity index (χ0) is 15.4. The van der Waals surface area contributed by atoms with Gasteiger partial charge in [-0.15, -0.1) is 0 Å². The summed E-state index contributed by atoms with van der Waals surface area (Å²) >= 11 is 1.63. The highest BCUT2D eigenvalue weighted by molar-refractivity contribution is 7.07. The smallest absolute Gasteiger partial charge is 0.317 e. The van der Waals surface area contributed by atoms with Crippen LogP contribution in [0.2, 0.25) is 0 Å². The summed E-state index contributed by atoms with van der Waals surface area (Å²) in [7, 11) is 0. The summed E-state index contributed by atoms with van der Waals surface area (Å²) in [5, 5.41) is 16.9. The molecular formula is C16H19N3O2S. The average Bonchev–Trinajstić information content (AvgIpc) is 3.07. The molecular weight excluding hydrogens is 298 g/mol. The van der Waals surface area contributed by atoms with Crippen LogP contribution in [0.15, 0.2) is 41.1 Å². The van der Waals surface area contributed by atoms with Gasteiger partial charge in [0.15, 0.2) is 0 Å². The van der Waals surface area contributed by atoms with E-state index in [1.807, 2.05) is 39.9 Å². The highest BCUT2D eigenvalue weighted by atomic mass is 32.1. The van der Waals surface area contributed by atoms with Crippen LogP contribution in [0.3, 0.4) is 0 Å². The summed E-state index contributed by atoms with van der Waals surface area (Å²) in [6.07, 6.45) is 0. The molecule has 0 radical (unpaired) electrons. The number of aromatic hydroxyl groups is 1. The Balaban J connectivity index is 1.51. The standard InChI is InChI=1S/C16H19N3O2S/c20-15-4-2-1-3-14(15)18-6-8-19(9-7-18)16(21)17-11-13-5-10-22-12-13/h1-5,10,12,20H,6-9,11H2,(H,17,21). The van der Waals surface area contributed by atoms with E-state index in [0.29, 0.717) is 19.6 Å². The Morgan fingerprint density at radius 1 is 1.18 bits per heavy atom. The van der Waals surface area contributed by atoms with E-state index in [2.05, 4.69) is 10.2 Å². The van der Waals surface area contributed by atoms with Crippen molar-refractivity contribution in [2.24, 2.45) is 0 Å². The maximum Gasteiger partial charge on any atom is 0.317 e. The first-order valence-electron chi connectivity index (χ1n) is 7.31. The van der Waals surface area contributed by atoms with Crippen molar-refractivity contribution in [3.8, 4) is 5.75 Å². The number of anilines is 1. The van der Waals surface area contributed by atoms with Gasteiger partial charge in [-0.25, -0.2) is 4.79 Å². The number of hydrogen-bond donors (Lipinski definition) is 2. The topological polar surface area (TPSA) is 55.8 Å². The lowest BCUT2D eigenvalue weighted by atomic mass is 10.2. The van der Waals surface area contributed by atoms with E-state index in [-0.39, 0.29) is 11.8 Å². The van der Waals surface area contributed by atoms with Gasteiger partial charge in [0.25, 0.3) is 0 Å². The molecule has 0 saturated carbocycles. The molecule has 0 atom stereocenters. The van der Waals surface area contributed by atoms with Crippen LogP contribution < -0.4 is 10.2 Å². The number of phenolic OH excluding ortho intramolecular Hbond substituents is 1. The minimum atomic E-state index is -0.0249. The first-order valence-corrected chi connectivity index (χ1v) is 8.25. The van der Waals surface area contributed by atoms with Crippen molar-refractivity contribution in [3.05, 3.63) is 46.7 Å². The maximum absolute atomic E-state index is 12.2. The van der Waals surface area contributed by atoms with Gasteiger partial charge in [-0.3, -0.25) is 0 Å². The molecule has 0 aliphatic carbocycles. The molecule has 2 N–H and O–H groups in total. The Morgan fingerprint density at radius 2 is 1.95 bits per heavy atom. The zero-order valence-electron chi connectivity index (χ0n) is 12.2. The highest BCUT2D eigenvalue weighted by Crippen LogP contribution is 2.27. The van der Waals surface area contributed by atoms with Crippen LogP contribution in [0.4, 0.5) is 10.5 Å². The maximum atomic E-state index is 12.2. The number of carbonyl (C=O) groups is 1. The molecule has 1 aliphatic heterocycles. The molecule has 1 aromatic carbocycles. The fourth-order valence-electron chi connectivity index (χ4n) is 2.56. The molecule has 1 aliphatic rings. The first kappa shape index (κ1) is 14.7. The number of nitrogens with zero attached hydrogens (tertiary/aromatic N) is 2. The molecule has 6 heteroatoms. The molecule has 1 saturated heterocycles. The molecule has 2 amide bonds. The van der Waals surface area contributed by atoms with Crippen LogP contribution in [-0.4, -0.2) is 42.2 Å². The molecule has 2 heterocycles. The monoisotopic (exact) mass is 317 g/mol. The second kappa shape index (κ2) is 6.70. The van der Waals surface area contributed by atoms with Crippen molar-refractivity contribution in [2.45, 2.75) is 6.54 Å². The summed E-state index contributed by atoms with van der Waals surface area (Å²) in [6.45, 7) is 3.34. The van der Waals surface area contributed by atoms with E-state index in [1.165, 1.54) is 0 Å². The summed E-state index contributed by atoms with van der Waals surface area (Å²) in [5.74, 6) is 0.290. The van der Waals surface area contributed by atoms with Crippen molar-refractivity contribution < 1.29 is 9.90 Å². The lowest BCUT2D eigenvalue weighted by molar-refractivity contribution is 0.194. The number of thiophene rings is 1. The number of benzene rings is 1. The van der Waals surface area contributed by atoms with Gasteiger partial charge in [-0.1, -0.05) is 12.1 Å². The summed E-state index contributed by atoms with van der Waals surface area (Å²) < 4.78 is 0. The predicted octanol–water partition coefficient (Wildman–Crippen LogP) is 2.49. The van der Waals surface area contributed by atoms with E-state index in [1.54, 1.807) is 17.4 Å². The molecule has 3 rings (SSSR count). The number of carbonyl (C=O) groups excluding carboxylic acids is 1. The molecule has 22 heavy (non-hydrogen) atoms. The van der Waals surface area contributed by atoms with Crippen molar-refractivity contribution in [3.63, 3.8) is 0 Å². The van der Waals surface area contributed by atoms with E-state index in [9.17, 15) is 9.90 Å². The Labute approximate surface area is 133 Å². The zero-order valence-corrected chi connectivity index (χ0v) is 13.1. The Bertz CT molecular complexity index is 622. The van der Waals surface area contributed by atoms with Gasteiger partial charge in [0, 0.05) is 32.7 Å². The minimum absolute atomic E-state index is 0.0249. The van der Waals surface area contributed by atoms with Crippen LogP contribution in [0.1, 0.15) is 5.56 Å². The van der Waals surface area contributed by atoms with Crippen LogP contribution in [0.25, 0.3) is 0 Å². The van der Waals surface area contributed by atoms with Gasteiger partial charge in [0.2, 0.25) is 0 Å². The van der Waals surface area contributed by atoms with Gasteiger partial charge >= 0.3 is 6.03 Å². The largest absolute Gasteiger partial charge is 0.506 e. The number of piperazine rings is 1. The van der Waals surface area contributed by atoms with Gasteiger partial charge in [-0.05, 0) is 34.5 Å². The number of urea groups is 1. The molecule has 0 bridgehead atoms. The SMILES string of the molecule is O=C(NCc1ccsc1)N1CCN(c2ccccc2O)CC1. The Hall–Kier alpha value is -2.21. The molecule has 5 nitrogen and oxygen atoms in total. The summed E-state index contributed by atoms with van der Waals surface area (Å²) in [4.78, 5) is 16.1. The number of nitrogens with one attached hydrogen (secondary N) is 1. The highest BCUT2D eigenvalue weighted by Gasteiger charge is 2.22. The van der Waals surface area contributed by atoms with E-state index in [0.717, 1.165) is 24.3 Å². The van der Waals surface area contributed by atoms with Gasteiger partial charge in [-0.2, -0.15) is 11.3 Å². The Morgan fingerprint density at radius 3 is 2.64 bits per heavy atom. The minimum Gasteiger partial charge on any atom is -0.506 e. The van der Waals surface area contributed by atoms with Crippen molar-refractivity contribution in [1.82, 2.24) is 10.2 Å². The van der Waals surface area contributed by atoms with Crippen LogP contribution in [-0.2, 0) is 6.54 Å². The molecule has 1 fully saturated rings. The van der Waals surface area contributed by atoms with E-state index < -0.39 is 0 Å². The van der Waals surface area contributed by atoms with Crippen LogP contribution >= 0.6 is 11.3 Å². The number of para-hydroxylation sites is 2. The average molecular weight is 317 g/mol. The Kier molecular flexibility index (Phi) is 4.48. The summed E-state index contributed by atoms with van der Waals surface area (Å²) in [6, 6.07) is 9.31. The van der Waals surface area contributed by atoms with Crippen molar-refractivity contribution >= 4 is 23.1 Å². The molecule has 0 unspecified atom stereocenters. The van der Waals surface area contributed by atoms with E-state index >= 15 is 0 Å². The predicted molar refractivity (Wildman–Crippen MR) is 88.4 cm³/mol. The fraction of sp³-hybridized carbons (Fsp3) is 0.312. The molecule has 2 aromatic rings. The molecule has 1 aromatic heterocycles. The third-order valence-corrected chi connectivity index (χ3v) is 4.55. The van der Waals surface area contributed by atoms with Crippen LogP contribution in [0.5, 0.6) is 5.75 Å². The third kappa shape index (κ3) is 3.33. The van der Waals surface area contributed by atoms with Gasteiger partial charge in [0.1, 0.15) is 5.75 Å². The van der Waals surface area contributed by atoms with Crippen LogP contribution in [0, 0.1) is 0 Å². The third-order valence-electron chi connectivity index (χ3n) is 3.81. The lowest BCUT2D eigenvalue weighted by Gasteiger charge is -2.36. The van der Waals surface area contributed by atoms with E-state index in [4.69, 9.17) is 0 Å². The molecule has 116 valence electrons. The number of phenols is 1. The summed E-state index contributed by atoms with van der Waals surface area (Å²) in [5.41, 5.74) is 1.96. The van der Waals surface area contributed by atoms with Crippen molar-refractivity contribution in [2.75, 3.05) is 31.1 Å². The second-order valence-corrected chi connectivity index (χ2v) is 6.03. The second-order valence-electron chi connectivity index (χ2n) is 5.25. The fourth-order valence-corrected chi connectivity index (χ4v) is 3.23.